The van der Waals surface area contributed by atoms with Crippen molar-refractivity contribution in [2.45, 2.75) is 6.67 Å². The SMILES string of the molecule is CNc1ccc(/C=C/c2ccc3ccccc3n2)c(CF)c1. The van der Waals surface area contributed by atoms with Crippen LogP contribution in [0.15, 0.2) is 54.6 Å². The lowest BCUT2D eigenvalue weighted by Crippen LogP contribution is -1.92. The van der Waals surface area contributed by atoms with Crippen molar-refractivity contribution in [2.24, 2.45) is 0 Å². The van der Waals surface area contributed by atoms with Gasteiger partial charge in [-0.1, -0.05) is 36.4 Å². The van der Waals surface area contributed by atoms with Crippen LogP contribution in [-0.4, -0.2) is 12.0 Å². The second-order valence-electron chi connectivity index (χ2n) is 5.06. The minimum atomic E-state index is -0.486. The maximum atomic E-state index is 13.2. The molecule has 0 aliphatic rings. The average Bonchev–Trinajstić information content (AvgIpc) is 2.59. The second kappa shape index (κ2) is 6.39. The van der Waals surface area contributed by atoms with E-state index in [0.717, 1.165) is 27.8 Å². The van der Waals surface area contributed by atoms with Gasteiger partial charge in [0.2, 0.25) is 0 Å². The summed E-state index contributed by atoms with van der Waals surface area (Å²) >= 11 is 0. The predicted octanol–water partition coefficient (Wildman–Crippen LogP) is 4.92. The Morgan fingerprint density at radius 3 is 2.73 bits per heavy atom. The topological polar surface area (TPSA) is 24.9 Å². The third-order valence-corrected chi connectivity index (χ3v) is 3.63. The highest BCUT2D eigenvalue weighted by molar-refractivity contribution is 5.81. The van der Waals surface area contributed by atoms with E-state index in [-0.39, 0.29) is 0 Å². The van der Waals surface area contributed by atoms with E-state index in [9.17, 15) is 4.39 Å². The van der Waals surface area contributed by atoms with Gasteiger partial charge in [0, 0.05) is 18.1 Å². The molecular weight excluding hydrogens is 275 g/mol. The Labute approximate surface area is 129 Å². The van der Waals surface area contributed by atoms with Crippen molar-refractivity contribution in [3.05, 3.63) is 71.4 Å². The number of anilines is 1. The smallest absolute Gasteiger partial charge is 0.115 e. The van der Waals surface area contributed by atoms with E-state index in [4.69, 9.17) is 0 Å². The fourth-order valence-electron chi connectivity index (χ4n) is 2.39. The molecule has 0 radical (unpaired) electrons. The molecule has 0 aliphatic carbocycles. The van der Waals surface area contributed by atoms with E-state index in [1.807, 2.05) is 73.8 Å². The summed E-state index contributed by atoms with van der Waals surface area (Å²) in [7, 11) is 1.83. The molecule has 0 saturated heterocycles. The number of benzene rings is 2. The standard InChI is InChI=1S/C19H17FN2/c1-21-18-11-7-14(16(12-18)13-20)6-9-17-10-8-15-4-2-3-5-19(15)22-17/h2-12,21H,13H2,1H3/b9-6+. The van der Waals surface area contributed by atoms with Crippen molar-refractivity contribution in [3.8, 4) is 0 Å². The van der Waals surface area contributed by atoms with Crippen molar-refractivity contribution >= 4 is 28.7 Å². The first-order valence-electron chi connectivity index (χ1n) is 7.20. The average molecular weight is 292 g/mol. The van der Waals surface area contributed by atoms with Gasteiger partial charge in [-0.05, 0) is 41.5 Å². The monoisotopic (exact) mass is 292 g/mol. The number of hydrogen-bond acceptors (Lipinski definition) is 2. The summed E-state index contributed by atoms with van der Waals surface area (Å²) in [5, 5.41) is 4.13. The Kier molecular flexibility index (Phi) is 4.15. The Bertz CT molecular complexity index is 825. The van der Waals surface area contributed by atoms with E-state index >= 15 is 0 Å². The van der Waals surface area contributed by atoms with Gasteiger partial charge in [0.05, 0.1) is 11.2 Å². The molecule has 1 aromatic heterocycles. The van der Waals surface area contributed by atoms with E-state index in [0.29, 0.717) is 5.56 Å². The number of fused-ring (bicyclic) bond motifs is 1. The highest BCUT2D eigenvalue weighted by Crippen LogP contribution is 2.20. The zero-order valence-corrected chi connectivity index (χ0v) is 12.4. The third kappa shape index (κ3) is 2.98. The Morgan fingerprint density at radius 2 is 1.91 bits per heavy atom. The van der Waals surface area contributed by atoms with E-state index in [2.05, 4.69) is 10.3 Å². The number of nitrogens with zero attached hydrogens (tertiary/aromatic N) is 1. The molecule has 0 saturated carbocycles. The molecule has 1 heterocycles. The van der Waals surface area contributed by atoms with Crippen molar-refractivity contribution in [3.63, 3.8) is 0 Å². The van der Waals surface area contributed by atoms with Crippen LogP contribution in [0.2, 0.25) is 0 Å². The Balaban J connectivity index is 1.92. The van der Waals surface area contributed by atoms with Crippen LogP contribution >= 0.6 is 0 Å². The van der Waals surface area contributed by atoms with Gasteiger partial charge < -0.3 is 5.32 Å². The lowest BCUT2D eigenvalue weighted by atomic mass is 10.1. The molecule has 0 spiro atoms. The van der Waals surface area contributed by atoms with Crippen molar-refractivity contribution in [2.75, 3.05) is 12.4 Å². The molecule has 2 nitrogen and oxygen atoms in total. The number of para-hydroxylation sites is 1. The third-order valence-electron chi connectivity index (χ3n) is 3.63. The minimum absolute atomic E-state index is 0.486. The summed E-state index contributed by atoms with van der Waals surface area (Å²) in [5.41, 5.74) is 4.27. The number of halogens is 1. The molecule has 0 amide bonds. The predicted molar refractivity (Wildman–Crippen MR) is 91.5 cm³/mol. The first kappa shape index (κ1) is 14.3. The Morgan fingerprint density at radius 1 is 1.05 bits per heavy atom. The molecule has 3 heteroatoms. The molecule has 1 N–H and O–H groups in total. The molecule has 0 fully saturated rings. The molecule has 3 aromatic rings. The fourth-order valence-corrected chi connectivity index (χ4v) is 2.39. The zero-order chi connectivity index (χ0) is 15.4. The summed E-state index contributed by atoms with van der Waals surface area (Å²) in [5.74, 6) is 0. The first-order valence-corrected chi connectivity index (χ1v) is 7.20. The highest BCUT2D eigenvalue weighted by Gasteiger charge is 2.01. The lowest BCUT2D eigenvalue weighted by molar-refractivity contribution is 0.485. The molecule has 110 valence electrons. The lowest BCUT2D eigenvalue weighted by Gasteiger charge is -2.06. The van der Waals surface area contributed by atoms with Crippen LogP contribution in [-0.2, 0) is 6.67 Å². The zero-order valence-electron chi connectivity index (χ0n) is 12.4. The van der Waals surface area contributed by atoms with Gasteiger partial charge >= 0.3 is 0 Å². The number of nitrogens with one attached hydrogen (secondary N) is 1. The van der Waals surface area contributed by atoms with Crippen LogP contribution < -0.4 is 5.32 Å². The maximum absolute atomic E-state index is 13.2. The van der Waals surface area contributed by atoms with Crippen LogP contribution in [0, 0.1) is 0 Å². The quantitative estimate of drug-likeness (QED) is 0.738. The molecule has 2 aromatic carbocycles. The number of pyridine rings is 1. The van der Waals surface area contributed by atoms with Gasteiger partial charge in [-0.3, -0.25) is 0 Å². The second-order valence-corrected chi connectivity index (χ2v) is 5.06. The van der Waals surface area contributed by atoms with Crippen molar-refractivity contribution in [1.29, 1.82) is 0 Å². The maximum Gasteiger partial charge on any atom is 0.115 e. The van der Waals surface area contributed by atoms with Crippen molar-refractivity contribution in [1.82, 2.24) is 4.98 Å². The van der Waals surface area contributed by atoms with Crippen LogP contribution in [0.4, 0.5) is 10.1 Å². The number of hydrogen-bond donors (Lipinski definition) is 1. The number of aromatic nitrogens is 1. The van der Waals surface area contributed by atoms with E-state index < -0.39 is 6.67 Å². The largest absolute Gasteiger partial charge is 0.388 e. The van der Waals surface area contributed by atoms with Gasteiger partial charge in [0.25, 0.3) is 0 Å². The molecule has 0 aliphatic heterocycles. The highest BCUT2D eigenvalue weighted by atomic mass is 19.1. The van der Waals surface area contributed by atoms with Gasteiger partial charge in [-0.25, -0.2) is 9.37 Å². The molecule has 22 heavy (non-hydrogen) atoms. The first-order chi connectivity index (χ1) is 10.8. The molecule has 0 bridgehead atoms. The summed E-state index contributed by atoms with van der Waals surface area (Å²) in [4.78, 5) is 4.59. The fraction of sp³-hybridized carbons (Fsp3) is 0.105. The Hall–Kier alpha value is -2.68. The molecule has 3 rings (SSSR count). The van der Waals surface area contributed by atoms with E-state index in [1.54, 1.807) is 0 Å². The van der Waals surface area contributed by atoms with Crippen LogP contribution in [0.3, 0.4) is 0 Å². The summed E-state index contributed by atoms with van der Waals surface area (Å²) < 4.78 is 13.2. The molecular formula is C19H17FN2. The summed E-state index contributed by atoms with van der Waals surface area (Å²) in [6.07, 6.45) is 3.82. The van der Waals surface area contributed by atoms with Crippen LogP contribution in [0.25, 0.3) is 23.1 Å². The number of rotatable bonds is 4. The van der Waals surface area contributed by atoms with Gasteiger partial charge in [0.15, 0.2) is 0 Å². The van der Waals surface area contributed by atoms with Crippen molar-refractivity contribution < 1.29 is 4.39 Å². The minimum Gasteiger partial charge on any atom is -0.388 e. The number of alkyl halides is 1. The molecule has 0 atom stereocenters. The van der Waals surface area contributed by atoms with Gasteiger partial charge in [-0.15, -0.1) is 0 Å². The van der Waals surface area contributed by atoms with Gasteiger partial charge in [0.1, 0.15) is 6.67 Å². The van der Waals surface area contributed by atoms with Gasteiger partial charge in [-0.2, -0.15) is 0 Å². The van der Waals surface area contributed by atoms with E-state index in [1.165, 1.54) is 0 Å². The normalized spacial score (nSPS) is 11.2. The van der Waals surface area contributed by atoms with Crippen LogP contribution in [0.5, 0.6) is 0 Å². The summed E-state index contributed by atoms with van der Waals surface area (Å²) in [6.45, 7) is -0.486. The van der Waals surface area contributed by atoms with Crippen LogP contribution in [0.1, 0.15) is 16.8 Å². The summed E-state index contributed by atoms with van der Waals surface area (Å²) in [6, 6.07) is 17.7. The molecule has 0 unspecified atom stereocenters.